The van der Waals surface area contributed by atoms with Crippen molar-refractivity contribution in [3.63, 3.8) is 0 Å². The average Bonchev–Trinajstić information content (AvgIpc) is 2.39. The highest BCUT2D eigenvalue weighted by Crippen LogP contribution is 2.22. The van der Waals surface area contributed by atoms with Gasteiger partial charge in [-0.15, -0.1) is 11.6 Å². The Bertz CT molecular complexity index is 570. The quantitative estimate of drug-likeness (QED) is 0.635. The van der Waals surface area contributed by atoms with E-state index in [1.54, 1.807) is 45.9 Å². The molecule has 23 heavy (non-hydrogen) atoms. The van der Waals surface area contributed by atoms with Gasteiger partial charge in [-0.3, -0.25) is 10.1 Å². The van der Waals surface area contributed by atoms with Gasteiger partial charge in [-0.2, -0.15) is 0 Å². The monoisotopic (exact) mass is 342 g/mol. The van der Waals surface area contributed by atoms with Gasteiger partial charge in [0.25, 0.3) is 0 Å². The lowest BCUT2D eigenvalue weighted by Gasteiger charge is -2.22. The third-order valence-electron chi connectivity index (χ3n) is 2.64. The number of alkyl carbamates (subject to hydrolysis) is 1. The third kappa shape index (κ3) is 7.23. The first-order valence-electron chi connectivity index (χ1n) is 7.23. The van der Waals surface area contributed by atoms with Crippen molar-refractivity contribution in [1.29, 1.82) is 0 Å². The Morgan fingerprint density at radius 1 is 1.30 bits per heavy atom. The van der Waals surface area contributed by atoms with Crippen molar-refractivity contribution in [2.45, 2.75) is 46.4 Å². The Morgan fingerprint density at radius 3 is 2.52 bits per heavy atom. The second-order valence-corrected chi connectivity index (χ2v) is 6.33. The molecule has 0 radical (unpaired) electrons. The van der Waals surface area contributed by atoms with Gasteiger partial charge in [0.15, 0.2) is 6.23 Å². The van der Waals surface area contributed by atoms with Crippen molar-refractivity contribution >= 4 is 29.3 Å². The zero-order chi connectivity index (χ0) is 17.6. The molecule has 6 nitrogen and oxygen atoms in total. The zero-order valence-corrected chi connectivity index (χ0v) is 14.8. The molecule has 2 N–H and O–H groups in total. The molecule has 0 fully saturated rings. The lowest BCUT2D eigenvalue weighted by molar-refractivity contribution is -0.113. The summed E-state index contributed by atoms with van der Waals surface area (Å²) in [5.74, 6) is 0.0806. The summed E-state index contributed by atoms with van der Waals surface area (Å²) in [4.78, 5) is 23.1. The van der Waals surface area contributed by atoms with Crippen LogP contribution in [0.3, 0.4) is 0 Å². The lowest BCUT2D eigenvalue weighted by atomic mass is 10.2. The van der Waals surface area contributed by atoms with Gasteiger partial charge in [0, 0.05) is 11.8 Å². The van der Waals surface area contributed by atoms with E-state index in [-0.39, 0.29) is 11.8 Å². The molecule has 128 valence electrons. The van der Waals surface area contributed by atoms with E-state index in [1.165, 1.54) is 0 Å². The number of amides is 2. The van der Waals surface area contributed by atoms with Crippen LogP contribution in [-0.4, -0.2) is 29.7 Å². The molecule has 0 heterocycles. The number of nitrogens with one attached hydrogen (secondary N) is 2. The summed E-state index contributed by atoms with van der Waals surface area (Å²) in [6, 6.07) is 5.23. The Labute approximate surface area is 141 Å². The van der Waals surface area contributed by atoms with Crippen LogP contribution in [0.2, 0.25) is 0 Å². The number of aryl methyl sites for hydroxylation is 1. The number of anilines is 1. The molecule has 0 aliphatic carbocycles. The number of carbonyl (C=O) groups excluding carboxylic acids is 2. The van der Waals surface area contributed by atoms with E-state index >= 15 is 0 Å². The molecule has 1 atom stereocenters. The van der Waals surface area contributed by atoms with Crippen LogP contribution in [0.5, 0.6) is 5.75 Å². The predicted molar refractivity (Wildman–Crippen MR) is 90.0 cm³/mol. The minimum Gasteiger partial charge on any atom is -0.471 e. The fraction of sp³-hybridized carbons (Fsp3) is 0.500. The van der Waals surface area contributed by atoms with Crippen LogP contribution in [0.1, 0.15) is 33.3 Å². The Balaban J connectivity index is 2.68. The molecule has 7 heteroatoms. The van der Waals surface area contributed by atoms with Crippen molar-refractivity contribution in [1.82, 2.24) is 5.32 Å². The van der Waals surface area contributed by atoms with E-state index in [1.807, 2.05) is 6.92 Å². The van der Waals surface area contributed by atoms with Gasteiger partial charge in [-0.1, -0.05) is 6.07 Å². The minimum atomic E-state index is -0.593. The van der Waals surface area contributed by atoms with Crippen LogP contribution in [0, 0.1) is 6.92 Å². The van der Waals surface area contributed by atoms with Crippen LogP contribution in [0.4, 0.5) is 10.5 Å². The van der Waals surface area contributed by atoms with Crippen LogP contribution < -0.4 is 15.4 Å². The van der Waals surface area contributed by atoms with Gasteiger partial charge < -0.3 is 14.8 Å². The molecule has 1 aromatic rings. The maximum Gasteiger partial charge on any atom is 0.410 e. The summed E-state index contributed by atoms with van der Waals surface area (Å²) in [7, 11) is 0. The number of carbonyl (C=O) groups is 2. The van der Waals surface area contributed by atoms with Gasteiger partial charge in [-0.05, 0) is 46.2 Å². The number of rotatable bonds is 5. The average molecular weight is 343 g/mol. The van der Waals surface area contributed by atoms with Gasteiger partial charge in [0.05, 0.1) is 0 Å². The van der Waals surface area contributed by atoms with Gasteiger partial charge in [-0.25, -0.2) is 4.79 Å². The first-order valence-corrected chi connectivity index (χ1v) is 7.77. The highest BCUT2D eigenvalue weighted by Gasteiger charge is 2.18. The van der Waals surface area contributed by atoms with Gasteiger partial charge in [0.1, 0.15) is 17.2 Å². The lowest BCUT2D eigenvalue weighted by Crippen LogP contribution is -2.40. The summed E-state index contributed by atoms with van der Waals surface area (Å²) < 4.78 is 10.8. The predicted octanol–water partition coefficient (Wildman–Crippen LogP) is 3.42. The second kappa shape index (κ2) is 8.06. The molecular weight excluding hydrogens is 320 g/mol. The molecule has 0 bridgehead atoms. The number of halogens is 1. The summed E-state index contributed by atoms with van der Waals surface area (Å²) in [6.07, 6.45) is -1.16. The Morgan fingerprint density at radius 2 is 1.96 bits per heavy atom. The van der Waals surface area contributed by atoms with Crippen LogP contribution in [-0.2, 0) is 9.53 Å². The van der Waals surface area contributed by atoms with E-state index in [2.05, 4.69) is 10.6 Å². The van der Waals surface area contributed by atoms with Crippen molar-refractivity contribution in [2.75, 3.05) is 11.2 Å². The summed E-state index contributed by atoms with van der Waals surface area (Å²) in [5, 5.41) is 5.26. The number of benzene rings is 1. The smallest absolute Gasteiger partial charge is 0.410 e. The van der Waals surface area contributed by atoms with Crippen LogP contribution in [0.15, 0.2) is 18.2 Å². The topological polar surface area (TPSA) is 76.7 Å². The number of hydrogen-bond donors (Lipinski definition) is 2. The SMILES string of the molecule is Cc1ccc(OC(C)NC(=O)OC(C)(C)C)cc1NC(=O)CCl. The first kappa shape index (κ1) is 19.1. The fourth-order valence-electron chi connectivity index (χ4n) is 1.70. The third-order valence-corrected chi connectivity index (χ3v) is 2.88. The van der Waals surface area contributed by atoms with E-state index in [0.29, 0.717) is 11.4 Å². The van der Waals surface area contributed by atoms with E-state index in [0.717, 1.165) is 5.56 Å². The van der Waals surface area contributed by atoms with Gasteiger partial charge in [0.2, 0.25) is 5.91 Å². The molecule has 0 spiro atoms. The Hall–Kier alpha value is -1.95. The summed E-state index contributed by atoms with van der Waals surface area (Å²) in [5.41, 5.74) is 0.911. The number of ether oxygens (including phenoxy) is 2. The summed E-state index contributed by atoms with van der Waals surface area (Å²) in [6.45, 7) is 8.88. The van der Waals surface area contributed by atoms with Crippen LogP contribution >= 0.6 is 11.6 Å². The minimum absolute atomic E-state index is 0.124. The normalized spacial score (nSPS) is 12.3. The molecule has 0 saturated heterocycles. The molecule has 1 unspecified atom stereocenters. The molecular formula is C16H23ClN2O4. The molecule has 1 aromatic carbocycles. The molecule has 0 saturated carbocycles. The zero-order valence-electron chi connectivity index (χ0n) is 14.0. The van der Waals surface area contributed by atoms with Crippen molar-refractivity contribution in [3.05, 3.63) is 23.8 Å². The molecule has 1 rings (SSSR count). The molecule has 0 aliphatic heterocycles. The maximum absolute atomic E-state index is 11.7. The highest BCUT2D eigenvalue weighted by atomic mass is 35.5. The second-order valence-electron chi connectivity index (χ2n) is 6.06. The van der Waals surface area contributed by atoms with E-state index in [4.69, 9.17) is 21.1 Å². The van der Waals surface area contributed by atoms with Crippen LogP contribution in [0.25, 0.3) is 0 Å². The first-order chi connectivity index (χ1) is 10.6. The number of alkyl halides is 1. The number of hydrogen-bond acceptors (Lipinski definition) is 4. The van der Waals surface area contributed by atoms with Gasteiger partial charge >= 0.3 is 6.09 Å². The largest absolute Gasteiger partial charge is 0.471 e. The van der Waals surface area contributed by atoms with Crippen molar-refractivity contribution in [3.8, 4) is 5.75 Å². The van der Waals surface area contributed by atoms with E-state index < -0.39 is 17.9 Å². The highest BCUT2D eigenvalue weighted by molar-refractivity contribution is 6.29. The van der Waals surface area contributed by atoms with E-state index in [9.17, 15) is 9.59 Å². The van der Waals surface area contributed by atoms with Crippen molar-refractivity contribution in [2.24, 2.45) is 0 Å². The van der Waals surface area contributed by atoms with Crippen molar-refractivity contribution < 1.29 is 19.1 Å². The molecule has 0 aliphatic rings. The molecule has 0 aromatic heterocycles. The maximum atomic E-state index is 11.7. The fourth-order valence-corrected chi connectivity index (χ4v) is 1.77. The molecule has 2 amide bonds. The Kier molecular flexibility index (Phi) is 6.69. The summed E-state index contributed by atoms with van der Waals surface area (Å²) >= 11 is 5.48. The standard InChI is InChI=1S/C16H23ClN2O4/c1-10-6-7-12(8-13(10)19-14(20)9-17)22-11(2)18-15(21)23-16(3,4)5/h6-8,11H,9H2,1-5H3,(H,18,21)(H,19,20).